The molecule has 21 heavy (non-hydrogen) atoms. The summed E-state index contributed by atoms with van der Waals surface area (Å²) in [4.78, 5) is 22.5. The number of nitrogens with zero attached hydrogens (tertiary/aromatic N) is 1. The van der Waals surface area contributed by atoms with E-state index in [-0.39, 0.29) is 11.5 Å². The first-order valence-electron chi connectivity index (χ1n) is 5.97. The van der Waals surface area contributed by atoms with Crippen LogP contribution in [-0.4, -0.2) is 18.1 Å². The number of hydrogen-bond acceptors (Lipinski definition) is 4. The van der Waals surface area contributed by atoms with Crippen LogP contribution in [0.5, 0.6) is 0 Å². The van der Waals surface area contributed by atoms with E-state index in [4.69, 9.17) is 0 Å². The maximum absolute atomic E-state index is 11.9. The topological polar surface area (TPSA) is 81.6 Å². The fraction of sp³-hybridized carbons (Fsp3) is 0. The van der Waals surface area contributed by atoms with Crippen LogP contribution in [0.15, 0.2) is 58.1 Å². The van der Waals surface area contributed by atoms with Gasteiger partial charge in [-0.25, -0.2) is 5.43 Å². The number of carboxylic acids is 1. The molecule has 0 atom stereocenters. The molecule has 6 heteroatoms. The second-order valence-electron chi connectivity index (χ2n) is 4.09. The van der Waals surface area contributed by atoms with E-state index in [1.54, 1.807) is 30.3 Å². The zero-order chi connectivity index (χ0) is 15.2. The molecule has 2 rings (SSSR count). The van der Waals surface area contributed by atoms with Gasteiger partial charge in [0.1, 0.15) is 0 Å². The van der Waals surface area contributed by atoms with Crippen LogP contribution in [0.1, 0.15) is 26.3 Å². The first-order valence-corrected chi connectivity index (χ1v) is 6.76. The molecule has 0 fully saturated rings. The number of amides is 1. The van der Waals surface area contributed by atoms with Gasteiger partial charge in [-0.15, -0.1) is 0 Å². The van der Waals surface area contributed by atoms with Crippen molar-refractivity contribution < 1.29 is 14.7 Å². The van der Waals surface area contributed by atoms with Gasteiger partial charge in [-0.3, -0.25) is 4.79 Å². The van der Waals surface area contributed by atoms with Gasteiger partial charge >= 0.3 is 0 Å². The number of benzene rings is 2. The third-order valence-corrected chi connectivity index (χ3v) is 3.34. The van der Waals surface area contributed by atoms with Crippen molar-refractivity contribution in [2.75, 3.05) is 0 Å². The molecule has 0 radical (unpaired) electrons. The molecule has 1 N–H and O–H groups in total. The summed E-state index contributed by atoms with van der Waals surface area (Å²) in [6, 6.07) is 12.9. The monoisotopic (exact) mass is 345 g/mol. The average molecular weight is 346 g/mol. The van der Waals surface area contributed by atoms with Crippen LogP contribution in [0.2, 0.25) is 0 Å². The molecule has 0 unspecified atom stereocenters. The normalized spacial score (nSPS) is 10.5. The van der Waals surface area contributed by atoms with Gasteiger partial charge in [0.25, 0.3) is 5.91 Å². The average Bonchev–Trinajstić information content (AvgIpc) is 2.48. The van der Waals surface area contributed by atoms with Crippen molar-refractivity contribution in [2.24, 2.45) is 5.10 Å². The fourth-order valence-corrected chi connectivity index (χ4v) is 2.04. The van der Waals surface area contributed by atoms with Crippen molar-refractivity contribution in [2.45, 2.75) is 0 Å². The van der Waals surface area contributed by atoms with Gasteiger partial charge in [0.15, 0.2) is 0 Å². The van der Waals surface area contributed by atoms with Crippen LogP contribution in [0.4, 0.5) is 0 Å². The maximum Gasteiger partial charge on any atom is 0.272 e. The zero-order valence-corrected chi connectivity index (χ0v) is 12.3. The molecule has 0 aliphatic carbocycles. The summed E-state index contributed by atoms with van der Waals surface area (Å²) >= 11 is 3.28. The van der Waals surface area contributed by atoms with Gasteiger partial charge in [-0.2, -0.15) is 5.10 Å². The van der Waals surface area contributed by atoms with Crippen molar-refractivity contribution in [3.63, 3.8) is 0 Å². The minimum atomic E-state index is -1.24. The van der Waals surface area contributed by atoms with Gasteiger partial charge in [-0.1, -0.05) is 36.4 Å². The minimum Gasteiger partial charge on any atom is -0.545 e. The van der Waals surface area contributed by atoms with Crippen LogP contribution in [0.3, 0.4) is 0 Å². The Balaban J connectivity index is 2.01. The number of hydrogen-bond donors (Lipinski definition) is 1. The fourth-order valence-electron chi connectivity index (χ4n) is 1.58. The lowest BCUT2D eigenvalue weighted by molar-refractivity contribution is -0.255. The van der Waals surface area contributed by atoms with E-state index in [0.717, 1.165) is 0 Å². The summed E-state index contributed by atoms with van der Waals surface area (Å²) in [6.45, 7) is 0. The summed E-state index contributed by atoms with van der Waals surface area (Å²) in [5.74, 6) is -1.58. The third kappa shape index (κ3) is 4.00. The molecule has 0 spiro atoms. The van der Waals surface area contributed by atoms with Crippen molar-refractivity contribution in [1.29, 1.82) is 0 Å². The number of halogens is 1. The van der Waals surface area contributed by atoms with E-state index in [9.17, 15) is 14.7 Å². The van der Waals surface area contributed by atoms with E-state index in [0.29, 0.717) is 15.6 Å². The Morgan fingerprint density at radius 3 is 2.38 bits per heavy atom. The predicted octanol–water partition coefficient (Wildman–Crippen LogP) is 1.58. The molecule has 1 amide bonds. The van der Waals surface area contributed by atoms with Crippen molar-refractivity contribution in [3.05, 3.63) is 69.7 Å². The van der Waals surface area contributed by atoms with E-state index >= 15 is 0 Å². The standard InChI is InChI=1S/C15H11BrN2O3/c16-13-4-2-1-3-12(13)14(19)18-17-9-10-5-7-11(8-6-10)15(20)21/h1-9H,(H,18,19)(H,20,21)/p-1/b17-9-. The summed E-state index contributed by atoms with van der Waals surface area (Å²) in [5, 5.41) is 14.4. The number of hydrazone groups is 1. The Morgan fingerprint density at radius 1 is 1.10 bits per heavy atom. The summed E-state index contributed by atoms with van der Waals surface area (Å²) in [5.41, 5.74) is 3.62. The van der Waals surface area contributed by atoms with Gasteiger partial charge in [0.05, 0.1) is 17.7 Å². The molecule has 0 saturated heterocycles. The Hall–Kier alpha value is -2.47. The molecule has 0 bridgehead atoms. The van der Waals surface area contributed by atoms with Crippen molar-refractivity contribution >= 4 is 34.0 Å². The highest BCUT2D eigenvalue weighted by molar-refractivity contribution is 9.10. The number of nitrogens with one attached hydrogen (secondary N) is 1. The van der Waals surface area contributed by atoms with Gasteiger partial charge < -0.3 is 9.90 Å². The smallest absolute Gasteiger partial charge is 0.272 e. The van der Waals surface area contributed by atoms with Crippen molar-refractivity contribution in [3.8, 4) is 0 Å². The highest BCUT2D eigenvalue weighted by Gasteiger charge is 2.07. The van der Waals surface area contributed by atoms with Crippen LogP contribution >= 0.6 is 15.9 Å². The second kappa shape index (κ2) is 6.81. The quantitative estimate of drug-likeness (QED) is 0.674. The molecule has 0 aliphatic rings. The molecule has 0 aliphatic heterocycles. The molecule has 2 aromatic carbocycles. The number of carboxylic acid groups (broad SMARTS) is 1. The summed E-state index contributed by atoms with van der Waals surface area (Å²) in [6.07, 6.45) is 1.42. The molecule has 0 aromatic heterocycles. The minimum absolute atomic E-state index is 0.0874. The summed E-state index contributed by atoms with van der Waals surface area (Å²) in [7, 11) is 0. The van der Waals surface area contributed by atoms with Gasteiger partial charge in [-0.05, 0) is 39.2 Å². The first kappa shape index (κ1) is 14.9. The number of carbonyl (C=O) groups excluding carboxylic acids is 2. The molecular formula is C15H10BrN2O3-. The van der Waals surface area contributed by atoms with E-state index in [1.165, 1.54) is 18.3 Å². The van der Waals surface area contributed by atoms with Crippen LogP contribution in [0, 0.1) is 0 Å². The number of aromatic carboxylic acids is 1. The summed E-state index contributed by atoms with van der Waals surface area (Å²) < 4.78 is 0.677. The van der Waals surface area contributed by atoms with E-state index in [1.807, 2.05) is 6.07 Å². The van der Waals surface area contributed by atoms with E-state index in [2.05, 4.69) is 26.5 Å². The third-order valence-electron chi connectivity index (χ3n) is 2.64. The predicted molar refractivity (Wildman–Crippen MR) is 80.0 cm³/mol. The van der Waals surface area contributed by atoms with Crippen LogP contribution in [0.25, 0.3) is 0 Å². The first-order chi connectivity index (χ1) is 10.1. The second-order valence-corrected chi connectivity index (χ2v) is 4.94. The highest BCUT2D eigenvalue weighted by Crippen LogP contribution is 2.15. The van der Waals surface area contributed by atoms with Crippen molar-refractivity contribution in [1.82, 2.24) is 5.43 Å². The van der Waals surface area contributed by atoms with Gasteiger partial charge in [0.2, 0.25) is 0 Å². The van der Waals surface area contributed by atoms with Crippen LogP contribution in [-0.2, 0) is 0 Å². The molecular weight excluding hydrogens is 336 g/mol. The van der Waals surface area contributed by atoms with Crippen LogP contribution < -0.4 is 10.5 Å². The van der Waals surface area contributed by atoms with Gasteiger partial charge in [0, 0.05) is 4.47 Å². The number of rotatable bonds is 4. The lowest BCUT2D eigenvalue weighted by atomic mass is 10.1. The zero-order valence-electron chi connectivity index (χ0n) is 10.7. The maximum atomic E-state index is 11.9. The lowest BCUT2D eigenvalue weighted by Crippen LogP contribution is -2.22. The Kier molecular flexibility index (Phi) is 4.84. The molecule has 2 aromatic rings. The molecule has 0 saturated carbocycles. The van der Waals surface area contributed by atoms with E-state index < -0.39 is 5.97 Å². The Bertz CT molecular complexity index is 696. The Morgan fingerprint density at radius 2 is 1.76 bits per heavy atom. The molecule has 0 heterocycles. The molecule has 106 valence electrons. The SMILES string of the molecule is O=C([O-])c1ccc(/C=N\NC(=O)c2ccccc2Br)cc1. The Labute approximate surface area is 129 Å². The highest BCUT2D eigenvalue weighted by atomic mass is 79.9. The lowest BCUT2D eigenvalue weighted by Gasteiger charge is -2.03. The largest absolute Gasteiger partial charge is 0.545 e. The number of carbonyl (C=O) groups is 2. The molecule has 5 nitrogen and oxygen atoms in total.